The summed E-state index contributed by atoms with van der Waals surface area (Å²) in [5.41, 5.74) is -0.858. The molecule has 0 atom stereocenters. The number of carbonyl (C=O) groups excluding carboxylic acids is 1. The van der Waals surface area contributed by atoms with Crippen LogP contribution in [0.4, 0.5) is 13.2 Å². The summed E-state index contributed by atoms with van der Waals surface area (Å²) in [6, 6.07) is 4.19. The van der Waals surface area contributed by atoms with Gasteiger partial charge in [0, 0.05) is 5.56 Å². The second kappa shape index (κ2) is 4.00. The molecule has 5 heteroatoms. The molecule has 0 heterocycles. The number of Topliss-reactive ketones (excluding diaryl/α,β-unsaturated/α-hetero) is 1. The quantitative estimate of drug-likeness (QED) is 0.555. The summed E-state index contributed by atoms with van der Waals surface area (Å²) >= 11 is 5.22. The zero-order valence-electron chi connectivity index (χ0n) is 6.94. The molecule has 0 amide bonds. The van der Waals surface area contributed by atoms with Crippen LogP contribution in [0.15, 0.2) is 24.3 Å². The molecule has 0 unspecified atom stereocenters. The van der Waals surface area contributed by atoms with E-state index in [4.69, 9.17) is 11.6 Å². The van der Waals surface area contributed by atoms with Gasteiger partial charge in [0.2, 0.25) is 0 Å². The van der Waals surface area contributed by atoms with Gasteiger partial charge in [0.15, 0.2) is 5.78 Å². The number of halogens is 4. The van der Waals surface area contributed by atoms with Gasteiger partial charge in [0.05, 0.1) is 11.4 Å². The second-order valence-corrected chi connectivity index (χ2v) is 2.90. The molecule has 0 saturated heterocycles. The van der Waals surface area contributed by atoms with Crippen molar-refractivity contribution in [1.82, 2.24) is 0 Å². The van der Waals surface area contributed by atoms with Gasteiger partial charge in [-0.25, -0.2) is 0 Å². The Hall–Kier alpha value is -1.03. The predicted molar refractivity (Wildman–Crippen MR) is 46.5 cm³/mol. The van der Waals surface area contributed by atoms with Crippen molar-refractivity contribution in [3.8, 4) is 0 Å². The first-order valence-corrected chi connectivity index (χ1v) is 4.25. The van der Waals surface area contributed by atoms with E-state index in [2.05, 4.69) is 0 Å². The van der Waals surface area contributed by atoms with E-state index >= 15 is 0 Å². The van der Waals surface area contributed by atoms with Crippen molar-refractivity contribution in [3.63, 3.8) is 0 Å². The number of alkyl halides is 4. The lowest BCUT2D eigenvalue weighted by atomic mass is 10.1. The Morgan fingerprint density at radius 3 is 2.50 bits per heavy atom. The number of hydrogen-bond donors (Lipinski definition) is 0. The van der Waals surface area contributed by atoms with Crippen molar-refractivity contribution >= 4 is 17.4 Å². The van der Waals surface area contributed by atoms with Gasteiger partial charge in [-0.2, -0.15) is 13.2 Å². The molecule has 14 heavy (non-hydrogen) atoms. The van der Waals surface area contributed by atoms with Gasteiger partial charge in [0.1, 0.15) is 0 Å². The molecule has 0 spiro atoms. The Morgan fingerprint density at radius 2 is 2.00 bits per heavy atom. The monoisotopic (exact) mass is 222 g/mol. The van der Waals surface area contributed by atoms with Crippen molar-refractivity contribution in [2.75, 3.05) is 5.88 Å². The molecular weight excluding hydrogens is 217 g/mol. The summed E-state index contributed by atoms with van der Waals surface area (Å²) in [5.74, 6) is -0.834. The fraction of sp³-hybridized carbons (Fsp3) is 0.222. The Labute approximate surface area is 83.5 Å². The summed E-state index contributed by atoms with van der Waals surface area (Å²) in [6.45, 7) is 0. The van der Waals surface area contributed by atoms with Crippen LogP contribution in [0.2, 0.25) is 0 Å². The molecule has 0 bridgehead atoms. The normalized spacial score (nSPS) is 11.4. The number of hydrogen-bond acceptors (Lipinski definition) is 1. The van der Waals surface area contributed by atoms with E-state index in [-0.39, 0.29) is 11.4 Å². The van der Waals surface area contributed by atoms with Crippen LogP contribution in [-0.2, 0) is 6.18 Å². The highest BCUT2D eigenvalue weighted by Crippen LogP contribution is 2.29. The minimum atomic E-state index is -4.43. The van der Waals surface area contributed by atoms with Gasteiger partial charge in [-0.1, -0.05) is 12.1 Å². The Bertz CT molecular complexity index is 346. The average molecular weight is 223 g/mol. The standard InChI is InChI=1S/C9H6ClF3O/c10-5-8(14)6-2-1-3-7(4-6)9(11,12)13/h1-4H,5H2. The number of benzene rings is 1. The average Bonchev–Trinajstić information content (AvgIpc) is 2.15. The molecule has 0 radical (unpaired) electrons. The minimum absolute atomic E-state index is 0.0187. The molecule has 1 aromatic carbocycles. The molecule has 0 saturated carbocycles. The van der Waals surface area contributed by atoms with Gasteiger partial charge in [0.25, 0.3) is 0 Å². The van der Waals surface area contributed by atoms with Gasteiger partial charge >= 0.3 is 6.18 Å². The second-order valence-electron chi connectivity index (χ2n) is 2.64. The third-order valence-electron chi connectivity index (χ3n) is 1.63. The molecule has 0 aromatic heterocycles. The zero-order valence-corrected chi connectivity index (χ0v) is 7.69. The highest BCUT2D eigenvalue weighted by Gasteiger charge is 2.30. The first-order chi connectivity index (χ1) is 6.45. The van der Waals surface area contributed by atoms with E-state index in [0.717, 1.165) is 12.1 Å². The van der Waals surface area contributed by atoms with Gasteiger partial charge < -0.3 is 0 Å². The maximum atomic E-state index is 12.2. The van der Waals surface area contributed by atoms with E-state index < -0.39 is 17.5 Å². The minimum Gasteiger partial charge on any atom is -0.293 e. The highest BCUT2D eigenvalue weighted by atomic mass is 35.5. The summed E-state index contributed by atoms with van der Waals surface area (Å²) in [5, 5.41) is 0. The summed E-state index contributed by atoms with van der Waals surface area (Å²) in [7, 11) is 0. The van der Waals surface area contributed by atoms with Gasteiger partial charge in [-0.15, -0.1) is 11.6 Å². The van der Waals surface area contributed by atoms with E-state index in [1.807, 2.05) is 0 Å². The third kappa shape index (κ3) is 2.48. The van der Waals surface area contributed by atoms with Crippen LogP contribution < -0.4 is 0 Å². The first-order valence-electron chi connectivity index (χ1n) is 3.71. The van der Waals surface area contributed by atoms with Crippen molar-refractivity contribution in [1.29, 1.82) is 0 Å². The molecule has 1 nitrogen and oxygen atoms in total. The third-order valence-corrected chi connectivity index (χ3v) is 1.88. The van der Waals surface area contributed by atoms with E-state index in [9.17, 15) is 18.0 Å². The predicted octanol–water partition coefficient (Wildman–Crippen LogP) is 3.13. The fourth-order valence-electron chi connectivity index (χ4n) is 0.946. The van der Waals surface area contributed by atoms with Crippen molar-refractivity contribution in [2.45, 2.75) is 6.18 Å². The Balaban J connectivity index is 3.08. The van der Waals surface area contributed by atoms with Crippen molar-refractivity contribution in [2.24, 2.45) is 0 Å². The lowest BCUT2D eigenvalue weighted by Gasteiger charge is -2.07. The lowest BCUT2D eigenvalue weighted by Crippen LogP contribution is -2.07. The summed E-state index contributed by atoms with van der Waals surface area (Å²) < 4.78 is 36.6. The smallest absolute Gasteiger partial charge is 0.293 e. The van der Waals surface area contributed by atoms with Crippen molar-refractivity contribution < 1.29 is 18.0 Å². The van der Waals surface area contributed by atoms with Crippen LogP contribution in [0.1, 0.15) is 15.9 Å². The van der Waals surface area contributed by atoms with Crippen LogP contribution in [0.5, 0.6) is 0 Å². The van der Waals surface area contributed by atoms with Crippen LogP contribution in [0.25, 0.3) is 0 Å². The van der Waals surface area contributed by atoms with E-state index in [0.29, 0.717) is 0 Å². The van der Waals surface area contributed by atoms with Crippen molar-refractivity contribution in [3.05, 3.63) is 35.4 Å². The van der Waals surface area contributed by atoms with Crippen LogP contribution in [0.3, 0.4) is 0 Å². The molecular formula is C9H6ClF3O. The molecule has 0 fully saturated rings. The number of carbonyl (C=O) groups is 1. The molecule has 0 N–H and O–H groups in total. The topological polar surface area (TPSA) is 17.1 Å². The van der Waals surface area contributed by atoms with Crippen LogP contribution >= 0.6 is 11.6 Å². The molecule has 0 aliphatic rings. The molecule has 0 aliphatic carbocycles. The fourth-order valence-corrected chi connectivity index (χ4v) is 1.10. The van der Waals surface area contributed by atoms with E-state index in [1.165, 1.54) is 12.1 Å². The SMILES string of the molecule is O=C(CCl)c1cccc(C(F)(F)F)c1. The van der Waals surface area contributed by atoms with Gasteiger partial charge in [-0.3, -0.25) is 4.79 Å². The highest BCUT2D eigenvalue weighted by molar-refractivity contribution is 6.30. The summed E-state index contributed by atoms with van der Waals surface area (Å²) in [4.78, 5) is 11.0. The largest absolute Gasteiger partial charge is 0.416 e. The van der Waals surface area contributed by atoms with E-state index in [1.54, 1.807) is 0 Å². The lowest BCUT2D eigenvalue weighted by molar-refractivity contribution is -0.137. The van der Waals surface area contributed by atoms with Crippen LogP contribution in [0, 0.1) is 0 Å². The number of ketones is 1. The summed E-state index contributed by atoms with van der Waals surface area (Å²) in [6.07, 6.45) is -4.43. The van der Waals surface area contributed by atoms with Crippen LogP contribution in [-0.4, -0.2) is 11.7 Å². The molecule has 76 valence electrons. The van der Waals surface area contributed by atoms with Gasteiger partial charge in [-0.05, 0) is 12.1 Å². The maximum Gasteiger partial charge on any atom is 0.416 e. The maximum absolute atomic E-state index is 12.2. The number of rotatable bonds is 2. The zero-order chi connectivity index (χ0) is 10.8. The molecule has 1 aromatic rings. The Morgan fingerprint density at radius 1 is 1.36 bits per heavy atom. The molecule has 0 aliphatic heterocycles. The first kappa shape index (κ1) is 11.0. The Kier molecular flexibility index (Phi) is 3.16. The molecule has 1 rings (SSSR count).